The average molecular weight is 404 g/mol. The summed E-state index contributed by atoms with van der Waals surface area (Å²) in [5.74, 6) is 1.22. The molecule has 0 aliphatic heterocycles. The summed E-state index contributed by atoms with van der Waals surface area (Å²) >= 11 is 0. The fourth-order valence-corrected chi connectivity index (χ4v) is 4.44. The molecule has 3 rings (SSSR count). The van der Waals surface area contributed by atoms with Crippen molar-refractivity contribution in [2.75, 3.05) is 7.11 Å². The normalized spacial score (nSPS) is 12.9. The van der Waals surface area contributed by atoms with Crippen LogP contribution < -0.4 is 9.46 Å². The first kappa shape index (κ1) is 20.1. The third-order valence-electron chi connectivity index (χ3n) is 4.46. The minimum atomic E-state index is -3.83. The summed E-state index contributed by atoms with van der Waals surface area (Å²) in [6.45, 7) is 4.38. The molecule has 0 saturated heterocycles. The van der Waals surface area contributed by atoms with E-state index in [0.717, 1.165) is 12.0 Å². The SMILES string of the molecule is CCCn1cc(S(=O)(=O)N[C@H](c2cccc(OC)c2)c2nccn2C)c(C)n1. The number of nitrogens with zero attached hydrogens (tertiary/aromatic N) is 4. The van der Waals surface area contributed by atoms with Crippen LogP contribution in [-0.2, 0) is 23.6 Å². The second-order valence-electron chi connectivity index (χ2n) is 6.57. The van der Waals surface area contributed by atoms with E-state index < -0.39 is 16.1 Å². The molecule has 0 aliphatic rings. The maximum absolute atomic E-state index is 13.2. The van der Waals surface area contributed by atoms with Gasteiger partial charge in [0.25, 0.3) is 0 Å². The lowest BCUT2D eigenvalue weighted by Gasteiger charge is -2.19. The van der Waals surface area contributed by atoms with E-state index in [0.29, 0.717) is 23.8 Å². The topological polar surface area (TPSA) is 91.0 Å². The summed E-state index contributed by atoms with van der Waals surface area (Å²) in [6, 6.07) is 6.61. The Kier molecular flexibility index (Phi) is 5.85. The van der Waals surface area contributed by atoms with Gasteiger partial charge in [-0.1, -0.05) is 19.1 Å². The third-order valence-corrected chi connectivity index (χ3v) is 5.99. The van der Waals surface area contributed by atoms with Crippen LogP contribution >= 0.6 is 0 Å². The predicted octanol–water partition coefficient (Wildman–Crippen LogP) is 2.41. The lowest BCUT2D eigenvalue weighted by molar-refractivity contribution is 0.413. The van der Waals surface area contributed by atoms with Crippen molar-refractivity contribution in [1.29, 1.82) is 0 Å². The summed E-state index contributed by atoms with van der Waals surface area (Å²) in [5, 5.41) is 4.31. The number of hydrogen-bond acceptors (Lipinski definition) is 5. The second kappa shape index (κ2) is 8.15. The molecule has 1 N–H and O–H groups in total. The molecule has 0 radical (unpaired) electrons. The number of benzene rings is 1. The van der Waals surface area contributed by atoms with Crippen molar-refractivity contribution in [2.24, 2.45) is 7.05 Å². The van der Waals surface area contributed by atoms with Crippen LogP contribution in [0.1, 0.15) is 36.5 Å². The molecule has 0 fully saturated rings. The highest BCUT2D eigenvalue weighted by atomic mass is 32.2. The van der Waals surface area contributed by atoms with Gasteiger partial charge in [-0.05, 0) is 31.0 Å². The summed E-state index contributed by atoms with van der Waals surface area (Å²) in [6.07, 6.45) is 5.86. The lowest BCUT2D eigenvalue weighted by atomic mass is 10.1. The number of sulfonamides is 1. The number of aryl methyl sites for hydroxylation is 3. The van der Waals surface area contributed by atoms with Gasteiger partial charge in [-0.3, -0.25) is 4.68 Å². The van der Waals surface area contributed by atoms with Gasteiger partial charge in [0.1, 0.15) is 22.5 Å². The Bertz CT molecular complexity index is 1060. The molecule has 0 bridgehead atoms. The molecule has 9 heteroatoms. The van der Waals surface area contributed by atoms with E-state index in [-0.39, 0.29) is 4.90 Å². The van der Waals surface area contributed by atoms with Crippen molar-refractivity contribution >= 4 is 10.0 Å². The van der Waals surface area contributed by atoms with E-state index in [9.17, 15) is 8.42 Å². The predicted molar refractivity (Wildman–Crippen MR) is 106 cm³/mol. The quantitative estimate of drug-likeness (QED) is 0.624. The zero-order chi connectivity index (χ0) is 20.3. The first-order valence-corrected chi connectivity index (χ1v) is 10.5. The number of aromatic nitrogens is 4. The van der Waals surface area contributed by atoms with E-state index in [2.05, 4.69) is 14.8 Å². The zero-order valence-corrected chi connectivity index (χ0v) is 17.3. The smallest absolute Gasteiger partial charge is 0.244 e. The van der Waals surface area contributed by atoms with Gasteiger partial charge in [0, 0.05) is 32.2 Å². The van der Waals surface area contributed by atoms with Crippen LogP contribution in [0.4, 0.5) is 0 Å². The molecule has 3 aromatic rings. The Morgan fingerprint density at radius 3 is 2.75 bits per heavy atom. The minimum absolute atomic E-state index is 0.169. The number of imidazole rings is 1. The Morgan fingerprint density at radius 2 is 2.11 bits per heavy atom. The van der Waals surface area contributed by atoms with Crippen molar-refractivity contribution in [3.63, 3.8) is 0 Å². The Balaban J connectivity index is 2.03. The molecule has 2 heterocycles. The Labute approximate surface area is 165 Å². The molecule has 28 heavy (non-hydrogen) atoms. The number of rotatable bonds is 8. The summed E-state index contributed by atoms with van der Waals surface area (Å²) in [7, 11) is -0.424. The van der Waals surface area contributed by atoms with Crippen LogP contribution in [0, 0.1) is 6.92 Å². The van der Waals surface area contributed by atoms with Gasteiger partial charge in [0.05, 0.1) is 12.8 Å². The molecule has 8 nitrogen and oxygen atoms in total. The summed E-state index contributed by atoms with van der Waals surface area (Å²) in [5.41, 5.74) is 1.20. The molecule has 1 aromatic carbocycles. The summed E-state index contributed by atoms with van der Waals surface area (Å²) in [4.78, 5) is 4.53. The van der Waals surface area contributed by atoms with E-state index in [1.54, 1.807) is 47.9 Å². The van der Waals surface area contributed by atoms with Gasteiger partial charge >= 0.3 is 0 Å². The molecule has 0 saturated carbocycles. The highest BCUT2D eigenvalue weighted by Gasteiger charge is 2.28. The minimum Gasteiger partial charge on any atom is -0.497 e. The highest BCUT2D eigenvalue weighted by Crippen LogP contribution is 2.26. The van der Waals surface area contributed by atoms with E-state index in [4.69, 9.17) is 4.74 Å². The molecular formula is C19H25N5O3S. The van der Waals surface area contributed by atoms with Gasteiger partial charge in [-0.25, -0.2) is 13.4 Å². The maximum Gasteiger partial charge on any atom is 0.244 e. The number of ether oxygens (including phenoxy) is 1. The molecule has 0 amide bonds. The number of methoxy groups -OCH3 is 1. The third kappa shape index (κ3) is 4.10. The van der Waals surface area contributed by atoms with Gasteiger partial charge in [-0.2, -0.15) is 9.82 Å². The van der Waals surface area contributed by atoms with E-state index >= 15 is 0 Å². The number of nitrogens with one attached hydrogen (secondary N) is 1. The zero-order valence-electron chi connectivity index (χ0n) is 16.5. The largest absolute Gasteiger partial charge is 0.497 e. The van der Waals surface area contributed by atoms with Crippen molar-refractivity contribution < 1.29 is 13.2 Å². The van der Waals surface area contributed by atoms with Crippen LogP contribution in [0.25, 0.3) is 0 Å². The molecule has 0 spiro atoms. The molecule has 2 aromatic heterocycles. The lowest BCUT2D eigenvalue weighted by Crippen LogP contribution is -2.31. The Hall–Kier alpha value is -2.65. The molecule has 150 valence electrons. The van der Waals surface area contributed by atoms with Gasteiger partial charge in [0.2, 0.25) is 10.0 Å². The van der Waals surface area contributed by atoms with Gasteiger partial charge in [0.15, 0.2) is 0 Å². The highest BCUT2D eigenvalue weighted by molar-refractivity contribution is 7.89. The van der Waals surface area contributed by atoms with E-state index in [1.807, 2.05) is 32.2 Å². The fraction of sp³-hybridized carbons (Fsp3) is 0.368. The van der Waals surface area contributed by atoms with Crippen LogP contribution in [0.2, 0.25) is 0 Å². The molecule has 0 aliphatic carbocycles. The van der Waals surface area contributed by atoms with Gasteiger partial charge in [-0.15, -0.1) is 0 Å². The van der Waals surface area contributed by atoms with Crippen LogP contribution in [-0.4, -0.2) is 34.9 Å². The van der Waals surface area contributed by atoms with Crippen LogP contribution in [0.15, 0.2) is 47.8 Å². The monoisotopic (exact) mass is 403 g/mol. The van der Waals surface area contributed by atoms with Crippen LogP contribution in [0.3, 0.4) is 0 Å². The second-order valence-corrected chi connectivity index (χ2v) is 8.25. The fourth-order valence-electron chi connectivity index (χ4n) is 3.07. The van der Waals surface area contributed by atoms with Crippen molar-refractivity contribution in [2.45, 2.75) is 37.8 Å². The molecular weight excluding hydrogens is 378 g/mol. The molecule has 1 atom stereocenters. The van der Waals surface area contributed by atoms with Crippen molar-refractivity contribution in [3.8, 4) is 5.75 Å². The molecule has 0 unspecified atom stereocenters. The first-order valence-electron chi connectivity index (χ1n) is 9.03. The van der Waals surface area contributed by atoms with Crippen LogP contribution in [0.5, 0.6) is 5.75 Å². The van der Waals surface area contributed by atoms with Crippen molar-refractivity contribution in [3.05, 3.63) is 59.9 Å². The number of hydrogen-bond donors (Lipinski definition) is 1. The first-order chi connectivity index (χ1) is 13.4. The average Bonchev–Trinajstić information content (AvgIpc) is 3.26. The van der Waals surface area contributed by atoms with E-state index in [1.165, 1.54) is 0 Å². The summed E-state index contributed by atoms with van der Waals surface area (Å²) < 4.78 is 37.9. The van der Waals surface area contributed by atoms with Gasteiger partial charge < -0.3 is 9.30 Å². The standard InChI is InChI=1S/C19H25N5O3S/c1-5-10-24-13-17(14(2)21-24)28(25,26)22-18(19-20-9-11-23(19)3)15-7-6-8-16(12-15)27-4/h6-9,11-13,18,22H,5,10H2,1-4H3/t18-/m1/s1. The Morgan fingerprint density at radius 1 is 1.32 bits per heavy atom. The van der Waals surface area contributed by atoms with Crippen molar-refractivity contribution in [1.82, 2.24) is 24.1 Å². The maximum atomic E-state index is 13.2.